The summed E-state index contributed by atoms with van der Waals surface area (Å²) in [6.07, 6.45) is 1.64. The Kier molecular flexibility index (Phi) is 6.19. The lowest BCUT2D eigenvalue weighted by Crippen LogP contribution is -2.35. The largest absolute Gasteiger partial charge is 0.352 e. The molecule has 3 nitrogen and oxygen atoms in total. The molecule has 1 atom stereocenters. The van der Waals surface area contributed by atoms with Gasteiger partial charge in [0.2, 0.25) is 5.91 Å². The second kappa shape index (κ2) is 7.41. The molecule has 0 radical (unpaired) electrons. The number of hydrogen-bond acceptors (Lipinski definition) is 2. The van der Waals surface area contributed by atoms with Gasteiger partial charge in [0.1, 0.15) is 0 Å². The lowest BCUT2D eigenvalue weighted by molar-refractivity contribution is -0.120. The van der Waals surface area contributed by atoms with Crippen LogP contribution in [0.4, 0.5) is 0 Å². The number of benzene rings is 1. The van der Waals surface area contributed by atoms with Crippen LogP contribution >= 0.6 is 23.2 Å². The first kappa shape index (κ1) is 15.0. The molecule has 1 aromatic rings. The third-order valence-electron chi connectivity index (χ3n) is 2.44. The molecule has 0 bridgehead atoms. The molecule has 0 aliphatic carbocycles. The highest BCUT2D eigenvalue weighted by atomic mass is 35.5. The number of halogens is 2. The van der Waals surface area contributed by atoms with E-state index in [4.69, 9.17) is 23.2 Å². The van der Waals surface area contributed by atoms with Gasteiger partial charge in [-0.2, -0.15) is 0 Å². The van der Waals surface area contributed by atoms with E-state index in [1.54, 1.807) is 18.2 Å². The van der Waals surface area contributed by atoms with E-state index in [2.05, 4.69) is 17.2 Å². The van der Waals surface area contributed by atoms with Crippen molar-refractivity contribution in [2.45, 2.75) is 13.0 Å². The van der Waals surface area contributed by atoms with Gasteiger partial charge in [-0.15, -0.1) is 6.58 Å². The van der Waals surface area contributed by atoms with Crippen molar-refractivity contribution < 1.29 is 4.79 Å². The van der Waals surface area contributed by atoms with Gasteiger partial charge in [0, 0.05) is 22.6 Å². The zero-order chi connectivity index (χ0) is 13.5. The highest BCUT2D eigenvalue weighted by molar-refractivity contribution is 6.35. The highest BCUT2D eigenvalue weighted by Crippen LogP contribution is 2.25. The predicted octanol–water partition coefficient (Wildman–Crippen LogP) is 2.95. The molecule has 1 aromatic carbocycles. The minimum Gasteiger partial charge on any atom is -0.352 e. The first-order valence-electron chi connectivity index (χ1n) is 5.60. The highest BCUT2D eigenvalue weighted by Gasteiger charge is 2.10. The summed E-state index contributed by atoms with van der Waals surface area (Å²) in [6.45, 7) is 6.17. The Hall–Kier alpha value is -1.03. The number of rotatable bonds is 6. The topological polar surface area (TPSA) is 41.1 Å². The van der Waals surface area contributed by atoms with Crippen LogP contribution in [0.5, 0.6) is 0 Å². The second-order valence-electron chi connectivity index (χ2n) is 3.86. The van der Waals surface area contributed by atoms with Crippen molar-refractivity contribution in [3.8, 4) is 0 Å². The normalized spacial score (nSPS) is 11.9. The fraction of sp³-hybridized carbons (Fsp3) is 0.308. The Labute approximate surface area is 117 Å². The molecule has 1 amide bonds. The predicted molar refractivity (Wildman–Crippen MR) is 76.1 cm³/mol. The van der Waals surface area contributed by atoms with E-state index < -0.39 is 0 Å². The molecule has 0 aromatic heterocycles. The Morgan fingerprint density at radius 2 is 2.22 bits per heavy atom. The SMILES string of the molecule is C=CCNC(=O)CNC(C)c1ccc(Cl)cc1Cl. The lowest BCUT2D eigenvalue weighted by Gasteiger charge is -2.15. The van der Waals surface area contributed by atoms with Crippen LogP contribution in [0.15, 0.2) is 30.9 Å². The van der Waals surface area contributed by atoms with E-state index in [1.165, 1.54) is 0 Å². The lowest BCUT2D eigenvalue weighted by atomic mass is 10.1. The molecule has 0 aliphatic heterocycles. The molecule has 0 saturated carbocycles. The van der Waals surface area contributed by atoms with Crippen LogP contribution in [0.25, 0.3) is 0 Å². The minimum absolute atomic E-state index is 0.0238. The Bertz CT molecular complexity index is 435. The van der Waals surface area contributed by atoms with Gasteiger partial charge in [-0.25, -0.2) is 0 Å². The maximum Gasteiger partial charge on any atom is 0.234 e. The standard InChI is InChI=1S/C13H16Cl2N2O/c1-3-6-16-13(18)8-17-9(2)11-5-4-10(14)7-12(11)15/h3-5,7,9,17H,1,6,8H2,2H3,(H,16,18). The summed E-state index contributed by atoms with van der Waals surface area (Å²) in [4.78, 5) is 11.4. The first-order valence-corrected chi connectivity index (χ1v) is 6.36. The van der Waals surface area contributed by atoms with Crippen molar-refractivity contribution in [3.63, 3.8) is 0 Å². The zero-order valence-electron chi connectivity index (χ0n) is 10.2. The summed E-state index contributed by atoms with van der Waals surface area (Å²) < 4.78 is 0. The molecular weight excluding hydrogens is 271 g/mol. The molecule has 18 heavy (non-hydrogen) atoms. The van der Waals surface area contributed by atoms with E-state index in [-0.39, 0.29) is 18.5 Å². The van der Waals surface area contributed by atoms with Crippen LogP contribution in [-0.2, 0) is 4.79 Å². The van der Waals surface area contributed by atoms with E-state index in [0.29, 0.717) is 16.6 Å². The third kappa shape index (κ3) is 4.69. The molecule has 0 spiro atoms. The maximum absolute atomic E-state index is 11.4. The minimum atomic E-state index is -0.0770. The van der Waals surface area contributed by atoms with Crippen LogP contribution in [0.3, 0.4) is 0 Å². The molecular formula is C13H16Cl2N2O. The first-order chi connectivity index (χ1) is 8.54. The molecule has 1 rings (SSSR count). The van der Waals surface area contributed by atoms with E-state index in [1.807, 2.05) is 13.0 Å². The number of hydrogen-bond donors (Lipinski definition) is 2. The van der Waals surface area contributed by atoms with Gasteiger partial charge in [0.25, 0.3) is 0 Å². The van der Waals surface area contributed by atoms with Crippen LogP contribution in [-0.4, -0.2) is 19.0 Å². The van der Waals surface area contributed by atoms with Crippen molar-refractivity contribution in [1.29, 1.82) is 0 Å². The van der Waals surface area contributed by atoms with Crippen molar-refractivity contribution in [2.75, 3.05) is 13.1 Å². The Morgan fingerprint density at radius 3 is 2.83 bits per heavy atom. The van der Waals surface area contributed by atoms with Crippen LogP contribution in [0, 0.1) is 0 Å². The Balaban J connectivity index is 2.52. The summed E-state index contributed by atoms with van der Waals surface area (Å²) >= 11 is 11.9. The number of carbonyl (C=O) groups excluding carboxylic acids is 1. The van der Waals surface area contributed by atoms with Crippen LogP contribution in [0.2, 0.25) is 10.0 Å². The molecule has 5 heteroatoms. The summed E-state index contributed by atoms with van der Waals surface area (Å²) in [5, 5.41) is 6.97. The molecule has 0 aliphatic rings. The summed E-state index contributed by atoms with van der Waals surface area (Å²) in [6, 6.07) is 5.29. The molecule has 98 valence electrons. The van der Waals surface area contributed by atoms with Gasteiger partial charge < -0.3 is 10.6 Å². The summed E-state index contributed by atoms with van der Waals surface area (Å²) in [5.74, 6) is -0.0770. The average molecular weight is 287 g/mol. The number of carbonyl (C=O) groups is 1. The molecule has 1 unspecified atom stereocenters. The number of nitrogens with one attached hydrogen (secondary N) is 2. The molecule has 0 saturated heterocycles. The fourth-order valence-corrected chi connectivity index (χ4v) is 2.03. The van der Waals surface area contributed by atoms with Gasteiger partial charge >= 0.3 is 0 Å². The van der Waals surface area contributed by atoms with E-state index in [9.17, 15) is 4.79 Å². The quantitative estimate of drug-likeness (QED) is 0.790. The molecule has 0 heterocycles. The van der Waals surface area contributed by atoms with Gasteiger partial charge in [0.05, 0.1) is 6.54 Å². The van der Waals surface area contributed by atoms with Crippen molar-refractivity contribution in [2.24, 2.45) is 0 Å². The van der Waals surface area contributed by atoms with Gasteiger partial charge in [-0.05, 0) is 24.6 Å². The molecule has 2 N–H and O–H groups in total. The smallest absolute Gasteiger partial charge is 0.234 e. The van der Waals surface area contributed by atoms with Gasteiger partial charge in [-0.1, -0.05) is 35.3 Å². The molecule has 0 fully saturated rings. The third-order valence-corrected chi connectivity index (χ3v) is 3.00. The zero-order valence-corrected chi connectivity index (χ0v) is 11.7. The van der Waals surface area contributed by atoms with Crippen molar-refractivity contribution in [3.05, 3.63) is 46.5 Å². The second-order valence-corrected chi connectivity index (χ2v) is 4.70. The van der Waals surface area contributed by atoms with Crippen LogP contribution < -0.4 is 10.6 Å². The monoisotopic (exact) mass is 286 g/mol. The van der Waals surface area contributed by atoms with E-state index >= 15 is 0 Å². The van der Waals surface area contributed by atoms with E-state index in [0.717, 1.165) is 5.56 Å². The van der Waals surface area contributed by atoms with Gasteiger partial charge in [-0.3, -0.25) is 4.79 Å². The average Bonchev–Trinajstić information content (AvgIpc) is 2.33. The summed E-state index contributed by atoms with van der Waals surface area (Å²) in [7, 11) is 0. The van der Waals surface area contributed by atoms with Crippen LogP contribution in [0.1, 0.15) is 18.5 Å². The van der Waals surface area contributed by atoms with Crippen molar-refractivity contribution >= 4 is 29.1 Å². The van der Waals surface area contributed by atoms with Crippen molar-refractivity contribution in [1.82, 2.24) is 10.6 Å². The summed E-state index contributed by atoms with van der Waals surface area (Å²) in [5.41, 5.74) is 0.914. The van der Waals surface area contributed by atoms with Gasteiger partial charge in [0.15, 0.2) is 0 Å². The number of amides is 1. The Morgan fingerprint density at radius 1 is 1.50 bits per heavy atom. The fourth-order valence-electron chi connectivity index (χ4n) is 1.46. The maximum atomic E-state index is 11.4.